The molecule has 4 rings (SSSR count). The molecule has 0 spiro atoms. The van der Waals surface area contributed by atoms with Crippen molar-refractivity contribution in [2.45, 2.75) is 6.92 Å². The maximum absolute atomic E-state index is 12.9. The smallest absolute Gasteiger partial charge is 0.343 e. The fraction of sp³-hybridized carbons (Fsp3) is 0.0417. The lowest BCUT2D eigenvalue weighted by Gasteiger charge is -2.15. The standard InChI is InChI=1S/C24H16ClN3O6/c1-14-5-4-6-17(13-14)27-22(29)20(25)21(23(27)30)26-16-11-9-15(10-12-16)24(31)34-19-8-3-2-7-18(19)28(32)33/h2-13,26H,1H3. The summed E-state index contributed by atoms with van der Waals surface area (Å²) in [6.07, 6.45) is 0. The van der Waals surface area contributed by atoms with Crippen LogP contribution in [0.25, 0.3) is 0 Å². The summed E-state index contributed by atoms with van der Waals surface area (Å²) in [6.45, 7) is 1.84. The van der Waals surface area contributed by atoms with Gasteiger partial charge in [-0.1, -0.05) is 35.9 Å². The molecule has 0 saturated carbocycles. The summed E-state index contributed by atoms with van der Waals surface area (Å²) < 4.78 is 5.15. The average Bonchev–Trinajstić information content (AvgIpc) is 3.02. The number of hydrogen-bond acceptors (Lipinski definition) is 7. The molecule has 170 valence electrons. The number of benzene rings is 3. The zero-order valence-corrected chi connectivity index (χ0v) is 18.4. The number of amides is 2. The molecule has 3 aromatic rings. The Bertz CT molecular complexity index is 1370. The van der Waals surface area contributed by atoms with Gasteiger partial charge in [-0.2, -0.15) is 0 Å². The lowest BCUT2D eigenvalue weighted by molar-refractivity contribution is -0.385. The Hall–Kier alpha value is -4.50. The number of anilines is 2. The first kappa shape index (κ1) is 22.7. The van der Waals surface area contributed by atoms with E-state index >= 15 is 0 Å². The summed E-state index contributed by atoms with van der Waals surface area (Å²) >= 11 is 6.15. The number of nitro groups is 1. The molecule has 0 saturated heterocycles. The van der Waals surface area contributed by atoms with Crippen LogP contribution in [-0.2, 0) is 9.59 Å². The normalized spacial score (nSPS) is 13.3. The van der Waals surface area contributed by atoms with Crippen molar-refractivity contribution in [2.24, 2.45) is 0 Å². The van der Waals surface area contributed by atoms with Gasteiger partial charge in [0, 0.05) is 11.8 Å². The first-order chi connectivity index (χ1) is 16.3. The number of aryl methyl sites for hydroxylation is 1. The van der Waals surface area contributed by atoms with Crippen LogP contribution >= 0.6 is 11.6 Å². The molecule has 2 amide bonds. The highest BCUT2D eigenvalue weighted by Crippen LogP contribution is 2.31. The van der Waals surface area contributed by atoms with Crippen LogP contribution < -0.4 is 15.0 Å². The average molecular weight is 478 g/mol. The van der Waals surface area contributed by atoms with Crippen molar-refractivity contribution in [3.63, 3.8) is 0 Å². The number of ether oxygens (including phenoxy) is 1. The number of carbonyl (C=O) groups is 3. The molecule has 1 aliphatic rings. The molecule has 1 aliphatic heterocycles. The van der Waals surface area contributed by atoms with Gasteiger partial charge in [0.05, 0.1) is 16.2 Å². The van der Waals surface area contributed by atoms with E-state index in [1.54, 1.807) is 18.2 Å². The minimum Gasteiger partial charge on any atom is -0.416 e. The molecule has 34 heavy (non-hydrogen) atoms. The Labute approximate surface area is 198 Å². The van der Waals surface area contributed by atoms with Crippen molar-refractivity contribution in [1.29, 1.82) is 0 Å². The summed E-state index contributed by atoms with van der Waals surface area (Å²) in [5.41, 5.74) is 1.36. The fourth-order valence-corrected chi connectivity index (χ4v) is 3.51. The van der Waals surface area contributed by atoms with Crippen molar-refractivity contribution in [1.82, 2.24) is 0 Å². The maximum atomic E-state index is 12.9. The molecule has 0 aromatic heterocycles. The van der Waals surface area contributed by atoms with Gasteiger partial charge in [-0.25, -0.2) is 9.69 Å². The van der Waals surface area contributed by atoms with Gasteiger partial charge in [0.2, 0.25) is 5.75 Å². The predicted octanol–water partition coefficient (Wildman–Crippen LogP) is 4.56. The third-order valence-electron chi connectivity index (χ3n) is 4.94. The second-order valence-electron chi connectivity index (χ2n) is 7.29. The summed E-state index contributed by atoms with van der Waals surface area (Å²) in [6, 6.07) is 18.2. The number of esters is 1. The molecule has 0 aliphatic carbocycles. The number of nitrogens with zero attached hydrogens (tertiary/aromatic N) is 2. The Balaban J connectivity index is 1.50. The Kier molecular flexibility index (Phi) is 6.11. The Morgan fingerprint density at radius 2 is 1.71 bits per heavy atom. The number of hydrogen-bond donors (Lipinski definition) is 1. The zero-order valence-electron chi connectivity index (χ0n) is 17.7. The summed E-state index contributed by atoms with van der Waals surface area (Å²) in [5, 5.41) is 13.7. The van der Waals surface area contributed by atoms with Crippen molar-refractivity contribution < 1.29 is 24.0 Å². The van der Waals surface area contributed by atoms with Gasteiger partial charge in [0.25, 0.3) is 11.8 Å². The van der Waals surface area contributed by atoms with Crippen LogP contribution in [0.4, 0.5) is 17.1 Å². The van der Waals surface area contributed by atoms with Crippen LogP contribution in [-0.4, -0.2) is 22.7 Å². The van der Waals surface area contributed by atoms with E-state index in [0.29, 0.717) is 11.4 Å². The van der Waals surface area contributed by atoms with Gasteiger partial charge in [0.1, 0.15) is 10.7 Å². The number of rotatable bonds is 6. The SMILES string of the molecule is Cc1cccc(N2C(=O)C(Cl)=C(Nc3ccc(C(=O)Oc4ccccc4[N+](=O)[O-])cc3)C2=O)c1. The molecule has 0 radical (unpaired) electrons. The molecule has 0 bridgehead atoms. The van der Waals surface area contributed by atoms with E-state index in [1.165, 1.54) is 48.5 Å². The molecule has 1 heterocycles. The minimum atomic E-state index is -0.796. The lowest BCUT2D eigenvalue weighted by atomic mass is 10.2. The number of halogens is 1. The first-order valence-corrected chi connectivity index (χ1v) is 10.3. The monoisotopic (exact) mass is 477 g/mol. The quantitative estimate of drug-likeness (QED) is 0.182. The molecule has 0 fully saturated rings. The van der Waals surface area contributed by atoms with Gasteiger partial charge in [-0.05, 0) is 55.0 Å². The number of carbonyl (C=O) groups excluding carboxylic acids is 3. The fourth-order valence-electron chi connectivity index (χ4n) is 3.30. The molecule has 0 atom stereocenters. The van der Waals surface area contributed by atoms with E-state index in [9.17, 15) is 24.5 Å². The number of nitrogens with one attached hydrogen (secondary N) is 1. The molecular weight excluding hydrogens is 462 g/mol. The van der Waals surface area contributed by atoms with E-state index in [2.05, 4.69) is 5.32 Å². The second-order valence-corrected chi connectivity index (χ2v) is 7.67. The predicted molar refractivity (Wildman–Crippen MR) is 125 cm³/mol. The molecule has 0 unspecified atom stereocenters. The highest BCUT2D eigenvalue weighted by Gasteiger charge is 2.39. The topological polar surface area (TPSA) is 119 Å². The number of para-hydroxylation sites is 2. The summed E-state index contributed by atoms with van der Waals surface area (Å²) in [5.74, 6) is -2.23. The van der Waals surface area contributed by atoms with Crippen molar-refractivity contribution in [3.05, 3.63) is 105 Å². The molecule has 3 aromatic carbocycles. The van der Waals surface area contributed by atoms with Crippen LogP contribution in [0.15, 0.2) is 83.5 Å². The molecular formula is C24H16ClN3O6. The largest absolute Gasteiger partial charge is 0.416 e. The molecule has 1 N–H and O–H groups in total. The summed E-state index contributed by atoms with van der Waals surface area (Å²) in [7, 11) is 0. The van der Waals surface area contributed by atoms with Crippen LogP contribution in [0, 0.1) is 17.0 Å². The second kappa shape index (κ2) is 9.16. The zero-order chi connectivity index (χ0) is 24.4. The highest BCUT2D eigenvalue weighted by molar-refractivity contribution is 6.53. The Morgan fingerprint density at radius 1 is 1.00 bits per heavy atom. The van der Waals surface area contributed by atoms with Crippen molar-refractivity contribution in [2.75, 3.05) is 10.2 Å². The van der Waals surface area contributed by atoms with Gasteiger partial charge < -0.3 is 10.1 Å². The van der Waals surface area contributed by atoms with Crippen LogP contribution in [0.2, 0.25) is 0 Å². The van der Waals surface area contributed by atoms with E-state index in [0.717, 1.165) is 10.5 Å². The van der Waals surface area contributed by atoms with Crippen LogP contribution in [0.3, 0.4) is 0 Å². The van der Waals surface area contributed by atoms with E-state index < -0.39 is 22.7 Å². The Morgan fingerprint density at radius 3 is 2.38 bits per heavy atom. The van der Waals surface area contributed by atoms with E-state index in [-0.39, 0.29) is 27.7 Å². The molecule has 10 heteroatoms. The van der Waals surface area contributed by atoms with E-state index in [1.807, 2.05) is 13.0 Å². The third kappa shape index (κ3) is 4.37. The summed E-state index contributed by atoms with van der Waals surface area (Å²) in [4.78, 5) is 49.3. The van der Waals surface area contributed by atoms with Crippen molar-refractivity contribution in [3.8, 4) is 5.75 Å². The van der Waals surface area contributed by atoms with Crippen LogP contribution in [0.5, 0.6) is 5.75 Å². The van der Waals surface area contributed by atoms with E-state index in [4.69, 9.17) is 16.3 Å². The van der Waals surface area contributed by atoms with Gasteiger partial charge in [-0.15, -0.1) is 0 Å². The third-order valence-corrected chi connectivity index (χ3v) is 5.29. The molecule has 9 nitrogen and oxygen atoms in total. The lowest BCUT2D eigenvalue weighted by Crippen LogP contribution is -2.32. The van der Waals surface area contributed by atoms with Crippen LogP contribution in [0.1, 0.15) is 15.9 Å². The van der Waals surface area contributed by atoms with Gasteiger partial charge in [0.15, 0.2) is 0 Å². The maximum Gasteiger partial charge on any atom is 0.343 e. The minimum absolute atomic E-state index is 0.0941. The highest BCUT2D eigenvalue weighted by atomic mass is 35.5. The number of nitro benzene ring substituents is 1. The number of imide groups is 1. The van der Waals surface area contributed by atoms with Crippen molar-refractivity contribution >= 4 is 46.4 Å². The van der Waals surface area contributed by atoms with Gasteiger partial charge in [-0.3, -0.25) is 19.7 Å². The van der Waals surface area contributed by atoms with Gasteiger partial charge >= 0.3 is 11.7 Å². The first-order valence-electron chi connectivity index (χ1n) is 9.94.